The molecule has 0 heterocycles. The predicted octanol–water partition coefficient (Wildman–Crippen LogP) is 2.54. The fraction of sp³-hybridized carbons (Fsp3) is 0.889. The van der Waals surface area contributed by atoms with Crippen LogP contribution in [0.2, 0.25) is 0 Å². The molecule has 0 rings (SSSR count). The highest BCUT2D eigenvalue weighted by Crippen LogP contribution is 2.11. The van der Waals surface area contributed by atoms with Crippen LogP contribution in [0.5, 0.6) is 0 Å². The molecule has 3 heteroatoms. The van der Waals surface area contributed by atoms with E-state index in [2.05, 4.69) is 13.8 Å². The van der Waals surface area contributed by atoms with Crippen molar-refractivity contribution >= 4 is 6.47 Å². The van der Waals surface area contributed by atoms with Gasteiger partial charge in [-0.3, -0.25) is 4.79 Å². The van der Waals surface area contributed by atoms with Crippen LogP contribution in [0.15, 0.2) is 0 Å². The van der Waals surface area contributed by atoms with Crippen LogP contribution in [0.4, 0.5) is 0 Å². The van der Waals surface area contributed by atoms with Gasteiger partial charge in [-0.15, -0.1) is 0 Å². The second-order valence-electron chi connectivity index (χ2n) is 2.85. The third kappa shape index (κ3) is 7.54. The molecular weight excluding hydrogens is 154 g/mol. The van der Waals surface area contributed by atoms with Crippen molar-refractivity contribution in [2.24, 2.45) is 5.92 Å². The van der Waals surface area contributed by atoms with Crippen LogP contribution in [-0.2, 0) is 9.53 Å². The second-order valence-corrected chi connectivity index (χ2v) is 2.85. The Morgan fingerprint density at radius 1 is 1.42 bits per heavy atom. The molecule has 0 fully saturated rings. The molecular formula is C9H21NO2. The number of hydrogen-bond donors (Lipinski definition) is 1. The fourth-order valence-electron chi connectivity index (χ4n) is 1.07. The number of carbonyl (C=O) groups excluding carboxylic acids is 1. The highest BCUT2D eigenvalue weighted by atomic mass is 16.5. The molecule has 0 spiro atoms. The summed E-state index contributed by atoms with van der Waals surface area (Å²) in [5, 5.41) is 0. The summed E-state index contributed by atoms with van der Waals surface area (Å²) in [7, 11) is 0. The molecule has 12 heavy (non-hydrogen) atoms. The smallest absolute Gasteiger partial charge is 0.293 e. The molecule has 0 amide bonds. The SMILES string of the molecule is CCCCC(CC)COC=O.N. The van der Waals surface area contributed by atoms with E-state index in [0.717, 1.165) is 6.42 Å². The van der Waals surface area contributed by atoms with Gasteiger partial charge in [0.25, 0.3) is 6.47 Å². The zero-order valence-corrected chi connectivity index (χ0v) is 8.21. The summed E-state index contributed by atoms with van der Waals surface area (Å²) in [6.07, 6.45) is 4.74. The minimum absolute atomic E-state index is 0. The monoisotopic (exact) mass is 175 g/mol. The van der Waals surface area contributed by atoms with Crippen LogP contribution in [0.1, 0.15) is 39.5 Å². The van der Waals surface area contributed by atoms with Gasteiger partial charge in [-0.2, -0.15) is 0 Å². The van der Waals surface area contributed by atoms with E-state index >= 15 is 0 Å². The van der Waals surface area contributed by atoms with Crippen molar-refractivity contribution in [1.82, 2.24) is 6.15 Å². The molecule has 0 saturated heterocycles. The average molecular weight is 175 g/mol. The van der Waals surface area contributed by atoms with Gasteiger partial charge in [0, 0.05) is 0 Å². The van der Waals surface area contributed by atoms with Crippen molar-refractivity contribution in [2.75, 3.05) is 6.61 Å². The molecule has 0 aromatic rings. The van der Waals surface area contributed by atoms with E-state index in [4.69, 9.17) is 4.74 Å². The largest absolute Gasteiger partial charge is 0.468 e. The lowest BCUT2D eigenvalue weighted by atomic mass is 10.0. The van der Waals surface area contributed by atoms with Crippen molar-refractivity contribution in [2.45, 2.75) is 39.5 Å². The normalized spacial score (nSPS) is 11.5. The summed E-state index contributed by atoms with van der Waals surface area (Å²) in [4.78, 5) is 9.88. The molecule has 0 aromatic carbocycles. The molecule has 3 nitrogen and oxygen atoms in total. The minimum Gasteiger partial charge on any atom is -0.468 e. The van der Waals surface area contributed by atoms with E-state index < -0.39 is 0 Å². The Hall–Kier alpha value is -0.570. The lowest BCUT2D eigenvalue weighted by molar-refractivity contribution is -0.130. The van der Waals surface area contributed by atoms with Gasteiger partial charge < -0.3 is 10.9 Å². The molecule has 1 atom stereocenters. The molecule has 0 bridgehead atoms. The van der Waals surface area contributed by atoms with Crippen molar-refractivity contribution in [3.63, 3.8) is 0 Å². The van der Waals surface area contributed by atoms with Crippen molar-refractivity contribution in [1.29, 1.82) is 0 Å². The number of hydrogen-bond acceptors (Lipinski definition) is 3. The van der Waals surface area contributed by atoms with E-state index in [9.17, 15) is 4.79 Å². The van der Waals surface area contributed by atoms with Gasteiger partial charge in [0.15, 0.2) is 0 Å². The zero-order valence-electron chi connectivity index (χ0n) is 8.21. The predicted molar refractivity (Wildman–Crippen MR) is 50.3 cm³/mol. The van der Waals surface area contributed by atoms with Crippen LogP contribution >= 0.6 is 0 Å². The molecule has 0 aliphatic heterocycles. The van der Waals surface area contributed by atoms with Crippen molar-refractivity contribution in [3.05, 3.63) is 0 Å². The van der Waals surface area contributed by atoms with Crippen LogP contribution in [0.25, 0.3) is 0 Å². The standard InChI is InChI=1S/C9H18O2.H3N/c1-3-5-6-9(4-2)7-11-8-10;/h8-9H,3-7H2,1-2H3;1H3. The first kappa shape index (κ1) is 14.0. The van der Waals surface area contributed by atoms with Crippen molar-refractivity contribution in [3.8, 4) is 0 Å². The van der Waals surface area contributed by atoms with Crippen molar-refractivity contribution < 1.29 is 9.53 Å². The first-order valence-electron chi connectivity index (χ1n) is 4.40. The fourth-order valence-corrected chi connectivity index (χ4v) is 1.07. The van der Waals surface area contributed by atoms with Gasteiger partial charge in [-0.1, -0.05) is 33.1 Å². The van der Waals surface area contributed by atoms with E-state index in [1.54, 1.807) is 0 Å². The van der Waals surface area contributed by atoms with E-state index in [1.807, 2.05) is 0 Å². The van der Waals surface area contributed by atoms with E-state index in [0.29, 0.717) is 19.0 Å². The quantitative estimate of drug-likeness (QED) is 0.605. The van der Waals surface area contributed by atoms with Gasteiger partial charge in [0.05, 0.1) is 6.61 Å². The lowest BCUT2D eigenvalue weighted by Crippen LogP contribution is -2.07. The number of carbonyl (C=O) groups is 1. The lowest BCUT2D eigenvalue weighted by Gasteiger charge is -2.11. The van der Waals surface area contributed by atoms with Gasteiger partial charge >= 0.3 is 0 Å². The highest BCUT2D eigenvalue weighted by molar-refractivity contribution is 5.36. The first-order chi connectivity index (χ1) is 5.35. The molecule has 0 aliphatic rings. The van der Waals surface area contributed by atoms with E-state index in [-0.39, 0.29) is 6.15 Å². The van der Waals surface area contributed by atoms with Gasteiger partial charge in [0.2, 0.25) is 0 Å². The maximum Gasteiger partial charge on any atom is 0.293 e. The molecule has 0 saturated carbocycles. The molecule has 0 aliphatic carbocycles. The average Bonchev–Trinajstić information content (AvgIpc) is 2.05. The second kappa shape index (κ2) is 10.4. The summed E-state index contributed by atoms with van der Waals surface area (Å²) in [6, 6.07) is 0. The summed E-state index contributed by atoms with van der Waals surface area (Å²) < 4.78 is 4.70. The minimum atomic E-state index is 0. The Morgan fingerprint density at radius 2 is 2.08 bits per heavy atom. The molecule has 74 valence electrons. The topological polar surface area (TPSA) is 61.3 Å². The summed E-state index contributed by atoms with van der Waals surface area (Å²) in [5.74, 6) is 0.570. The summed E-state index contributed by atoms with van der Waals surface area (Å²) >= 11 is 0. The number of ether oxygens (including phenoxy) is 1. The maximum atomic E-state index is 9.88. The Kier molecular flexibility index (Phi) is 12.2. The summed E-state index contributed by atoms with van der Waals surface area (Å²) in [5.41, 5.74) is 0. The summed E-state index contributed by atoms with van der Waals surface area (Å²) in [6.45, 7) is 5.44. The van der Waals surface area contributed by atoms with Gasteiger partial charge in [-0.05, 0) is 12.3 Å². The van der Waals surface area contributed by atoms with Gasteiger partial charge in [0.1, 0.15) is 0 Å². The Balaban J connectivity index is 0. The maximum absolute atomic E-state index is 9.88. The third-order valence-electron chi connectivity index (χ3n) is 1.94. The number of unbranched alkanes of at least 4 members (excludes halogenated alkanes) is 1. The Labute approximate surface area is 75.1 Å². The van der Waals surface area contributed by atoms with Crippen LogP contribution in [0.3, 0.4) is 0 Å². The van der Waals surface area contributed by atoms with Crippen LogP contribution in [0, 0.1) is 5.92 Å². The molecule has 0 aromatic heterocycles. The Morgan fingerprint density at radius 3 is 2.50 bits per heavy atom. The molecule has 0 radical (unpaired) electrons. The zero-order chi connectivity index (χ0) is 8.53. The van der Waals surface area contributed by atoms with Crippen LogP contribution in [-0.4, -0.2) is 13.1 Å². The Bertz CT molecular complexity index is 96.5. The molecule has 1 unspecified atom stereocenters. The first-order valence-corrected chi connectivity index (χ1v) is 4.40. The highest BCUT2D eigenvalue weighted by Gasteiger charge is 2.04. The van der Waals surface area contributed by atoms with Crippen LogP contribution < -0.4 is 6.15 Å². The third-order valence-corrected chi connectivity index (χ3v) is 1.94. The van der Waals surface area contributed by atoms with Gasteiger partial charge in [-0.25, -0.2) is 0 Å². The number of rotatable bonds is 7. The molecule has 3 N–H and O–H groups in total. The van der Waals surface area contributed by atoms with E-state index in [1.165, 1.54) is 19.3 Å².